The molecular formula is C38H28N6O9. The molecule has 7 rings (SSSR count). The van der Waals surface area contributed by atoms with Gasteiger partial charge in [-0.1, -0.05) is 72.8 Å². The Morgan fingerprint density at radius 2 is 1.15 bits per heavy atom. The molecule has 1 aliphatic rings. The van der Waals surface area contributed by atoms with Gasteiger partial charge in [0.05, 0.1) is 17.2 Å². The van der Waals surface area contributed by atoms with Gasteiger partial charge in [0.2, 0.25) is 5.65 Å². The molecule has 0 radical (unpaired) electrons. The third-order valence-corrected chi connectivity index (χ3v) is 8.41. The first-order valence-electron chi connectivity index (χ1n) is 16.3. The topological polar surface area (TPSA) is 186 Å². The van der Waals surface area contributed by atoms with Crippen LogP contribution in [0.15, 0.2) is 128 Å². The highest BCUT2D eigenvalue weighted by Crippen LogP contribution is 2.38. The molecule has 3 heterocycles. The van der Waals surface area contributed by atoms with E-state index in [1.54, 1.807) is 104 Å². The van der Waals surface area contributed by atoms with E-state index < -0.39 is 65.0 Å². The molecule has 15 heteroatoms. The minimum Gasteiger partial charge on any atom is -0.452 e. The monoisotopic (exact) mass is 712 g/mol. The van der Waals surface area contributed by atoms with Crippen LogP contribution >= 0.6 is 0 Å². The lowest BCUT2D eigenvalue weighted by molar-refractivity contribution is -0.394. The maximum absolute atomic E-state index is 14.1. The third-order valence-electron chi connectivity index (χ3n) is 8.41. The summed E-state index contributed by atoms with van der Waals surface area (Å²) in [5, 5.41) is 12.3. The third kappa shape index (κ3) is 6.83. The van der Waals surface area contributed by atoms with E-state index >= 15 is 0 Å². The van der Waals surface area contributed by atoms with E-state index in [4.69, 9.17) is 14.2 Å². The largest absolute Gasteiger partial charge is 0.473 e. The summed E-state index contributed by atoms with van der Waals surface area (Å²) in [5.41, 5.74) is 0.205. The van der Waals surface area contributed by atoms with Crippen molar-refractivity contribution < 1.29 is 38.3 Å². The minimum atomic E-state index is -1.34. The second-order valence-corrected chi connectivity index (χ2v) is 11.8. The fraction of sp³-hybridized carbons (Fsp3) is 0.132. The first-order valence-corrected chi connectivity index (χ1v) is 16.3. The van der Waals surface area contributed by atoms with Gasteiger partial charge in [-0.25, -0.2) is 19.5 Å². The van der Waals surface area contributed by atoms with E-state index in [0.29, 0.717) is 4.90 Å². The average molecular weight is 713 g/mol. The molecule has 2 amide bonds. The van der Waals surface area contributed by atoms with Crippen LogP contribution in [0.2, 0.25) is 0 Å². The Labute approximate surface area is 300 Å². The van der Waals surface area contributed by atoms with Gasteiger partial charge < -0.3 is 24.3 Å². The van der Waals surface area contributed by atoms with Gasteiger partial charge in [0.1, 0.15) is 6.33 Å². The molecule has 6 aromatic rings. The average Bonchev–Trinajstić information content (AvgIpc) is 3.76. The van der Waals surface area contributed by atoms with E-state index in [1.807, 2.05) is 0 Å². The number of anilines is 1. The van der Waals surface area contributed by atoms with Gasteiger partial charge in [-0.05, 0) is 70.3 Å². The van der Waals surface area contributed by atoms with Crippen LogP contribution in [0.3, 0.4) is 0 Å². The maximum atomic E-state index is 14.1. The van der Waals surface area contributed by atoms with Crippen molar-refractivity contribution in [3.05, 3.63) is 160 Å². The maximum Gasteiger partial charge on any atom is 0.473 e. The molecule has 1 saturated heterocycles. The van der Waals surface area contributed by atoms with E-state index in [0.717, 1.165) is 0 Å². The summed E-state index contributed by atoms with van der Waals surface area (Å²) in [6.45, 7) is 1.60. The summed E-state index contributed by atoms with van der Waals surface area (Å²) >= 11 is 0. The molecule has 264 valence electrons. The molecule has 1 aliphatic heterocycles. The van der Waals surface area contributed by atoms with Crippen LogP contribution in [0.25, 0.3) is 11.2 Å². The molecule has 0 bridgehead atoms. The van der Waals surface area contributed by atoms with E-state index in [2.05, 4.69) is 15.0 Å². The van der Waals surface area contributed by atoms with Crippen LogP contribution in [-0.4, -0.2) is 66.5 Å². The molecule has 0 saturated carbocycles. The van der Waals surface area contributed by atoms with Crippen LogP contribution in [0.5, 0.6) is 0 Å². The van der Waals surface area contributed by atoms with Crippen molar-refractivity contribution in [3.63, 3.8) is 0 Å². The van der Waals surface area contributed by atoms with Gasteiger partial charge in [-0.2, -0.15) is 0 Å². The minimum absolute atomic E-state index is 0.0922. The number of carbonyl (C=O) groups is 4. The number of nitro groups is 1. The van der Waals surface area contributed by atoms with Crippen molar-refractivity contribution in [2.75, 3.05) is 4.90 Å². The normalized spacial score (nSPS) is 17.9. The molecule has 15 nitrogen and oxygen atoms in total. The van der Waals surface area contributed by atoms with Crippen LogP contribution in [0.1, 0.15) is 54.6 Å². The number of fused-ring (bicyclic) bond motifs is 1. The van der Waals surface area contributed by atoms with E-state index in [1.165, 1.54) is 35.2 Å². The molecule has 53 heavy (non-hydrogen) atoms. The highest BCUT2D eigenvalue weighted by Gasteiger charge is 2.50. The van der Waals surface area contributed by atoms with Gasteiger partial charge in [-0.3, -0.25) is 14.2 Å². The zero-order valence-corrected chi connectivity index (χ0v) is 27.8. The lowest BCUT2D eigenvalue weighted by atomic mass is 10.1. The number of amides is 2. The number of ether oxygens (including phenoxy) is 3. The van der Waals surface area contributed by atoms with E-state index in [9.17, 15) is 29.3 Å². The number of hydrogen-bond acceptors (Lipinski definition) is 12. The predicted octanol–water partition coefficient (Wildman–Crippen LogP) is 5.59. The van der Waals surface area contributed by atoms with Gasteiger partial charge in [-0.15, -0.1) is 0 Å². The van der Waals surface area contributed by atoms with Crippen LogP contribution < -0.4 is 4.90 Å². The number of imide groups is 1. The lowest BCUT2D eigenvalue weighted by Crippen LogP contribution is -2.39. The highest BCUT2D eigenvalue weighted by atomic mass is 16.6. The summed E-state index contributed by atoms with van der Waals surface area (Å²) in [4.78, 5) is 79.5. The van der Waals surface area contributed by atoms with Crippen LogP contribution in [0.4, 0.5) is 11.8 Å². The SMILES string of the molecule is C[C@H]1O[C@@H](n2cnc3c(N(C(=O)c4ccccc4)C(=O)c4ccccc4)nc([N+](=O)[O-])nc32)[C@H](OC(=O)c2ccccc2)[C@@H]1OC(=O)c1ccccc1. The Bertz CT molecular complexity index is 2270. The Hall–Kier alpha value is -7.13. The zero-order valence-electron chi connectivity index (χ0n) is 27.8. The molecule has 2 aromatic heterocycles. The van der Waals surface area contributed by atoms with Crippen LogP contribution in [-0.2, 0) is 14.2 Å². The summed E-state index contributed by atoms with van der Waals surface area (Å²) in [5.74, 6) is -4.58. The van der Waals surface area contributed by atoms with Gasteiger partial charge in [0, 0.05) is 11.1 Å². The number of rotatable bonds is 9. The standard InChI is InChI=1S/C38H28N6O9/c1-23-29(52-36(47)26-18-10-4-11-19-26)30(53-37(48)27-20-12-5-13-21-27)35(51-23)42-22-39-28-31(42)40-38(44(49)50)41-32(28)43(33(45)24-14-6-2-7-15-24)34(46)25-16-8-3-9-17-25/h2-23,29-30,35H,1H3/t23-,29-,30-,35-/m1/s1. The lowest BCUT2D eigenvalue weighted by Gasteiger charge is -2.24. The Morgan fingerprint density at radius 3 is 1.62 bits per heavy atom. The quantitative estimate of drug-likeness (QED) is 0.0784. The fourth-order valence-corrected chi connectivity index (χ4v) is 5.87. The molecule has 4 atom stereocenters. The Balaban J connectivity index is 1.36. The van der Waals surface area contributed by atoms with Crippen molar-refractivity contribution in [1.82, 2.24) is 19.5 Å². The molecular weight excluding hydrogens is 684 g/mol. The van der Waals surface area contributed by atoms with Gasteiger partial charge >= 0.3 is 17.9 Å². The summed E-state index contributed by atoms with van der Waals surface area (Å²) < 4.78 is 19.3. The molecule has 0 unspecified atom stereocenters. The van der Waals surface area contributed by atoms with Gasteiger partial charge in [0.25, 0.3) is 17.6 Å². The Kier molecular flexibility index (Phi) is 9.46. The number of nitrogens with zero attached hydrogens (tertiary/aromatic N) is 6. The van der Waals surface area contributed by atoms with Crippen molar-refractivity contribution in [3.8, 4) is 0 Å². The second kappa shape index (κ2) is 14.6. The van der Waals surface area contributed by atoms with Gasteiger partial charge in [0.15, 0.2) is 24.0 Å². The number of esters is 2. The summed E-state index contributed by atoms with van der Waals surface area (Å²) in [7, 11) is 0. The number of carbonyl (C=O) groups excluding carboxylic acids is 4. The van der Waals surface area contributed by atoms with Crippen molar-refractivity contribution in [2.24, 2.45) is 0 Å². The molecule has 0 aliphatic carbocycles. The predicted molar refractivity (Wildman–Crippen MR) is 187 cm³/mol. The smallest absolute Gasteiger partial charge is 0.452 e. The van der Waals surface area contributed by atoms with Crippen molar-refractivity contribution >= 4 is 46.7 Å². The number of hydrogen-bond donors (Lipinski definition) is 0. The summed E-state index contributed by atoms with van der Waals surface area (Å²) in [6, 6.07) is 32.0. The second-order valence-electron chi connectivity index (χ2n) is 11.8. The molecule has 0 spiro atoms. The van der Waals surface area contributed by atoms with E-state index in [-0.39, 0.29) is 33.4 Å². The fourth-order valence-electron chi connectivity index (χ4n) is 5.87. The van der Waals surface area contributed by atoms with Crippen molar-refractivity contribution in [2.45, 2.75) is 31.5 Å². The molecule has 4 aromatic carbocycles. The number of imidazole rings is 1. The van der Waals surface area contributed by atoms with Crippen LogP contribution in [0, 0.1) is 10.1 Å². The molecule has 0 N–H and O–H groups in total. The van der Waals surface area contributed by atoms with Crippen molar-refractivity contribution in [1.29, 1.82) is 0 Å². The summed E-state index contributed by atoms with van der Waals surface area (Å²) in [6.07, 6.45) is -3.52. The first-order chi connectivity index (χ1) is 25.7. The number of benzene rings is 4. The molecule has 1 fully saturated rings. The zero-order chi connectivity index (χ0) is 37.1. The number of aromatic nitrogens is 4. The highest BCUT2D eigenvalue weighted by molar-refractivity contribution is 6.27. The first kappa shape index (κ1) is 34.3. The Morgan fingerprint density at radius 1 is 0.698 bits per heavy atom.